The Labute approximate surface area is 183 Å². The van der Waals surface area contributed by atoms with Gasteiger partial charge in [-0.2, -0.15) is 0 Å². The van der Waals surface area contributed by atoms with E-state index in [0.29, 0.717) is 0 Å². The zero-order chi connectivity index (χ0) is 23.8. The lowest BCUT2D eigenvalue weighted by molar-refractivity contribution is -0.142. The lowest BCUT2D eigenvalue weighted by Gasteiger charge is -2.34. The second-order valence-electron chi connectivity index (χ2n) is 8.29. The Balaban J connectivity index is 3.33. The number of aliphatic hydroxyl groups excluding tert-OH is 1. The van der Waals surface area contributed by atoms with Crippen LogP contribution >= 0.6 is 0 Å². The van der Waals surface area contributed by atoms with E-state index in [9.17, 15) is 24.6 Å². The molecule has 0 spiro atoms. The van der Waals surface area contributed by atoms with Crippen molar-refractivity contribution in [1.29, 1.82) is 0 Å². The van der Waals surface area contributed by atoms with Crippen LogP contribution in [0.1, 0.15) is 46.2 Å². The van der Waals surface area contributed by atoms with Crippen molar-refractivity contribution < 1.29 is 29.3 Å². The van der Waals surface area contributed by atoms with Gasteiger partial charge in [0.2, 0.25) is 11.8 Å². The number of hydrogen-bond donors (Lipinski definition) is 4. The molecule has 1 aromatic carbocycles. The van der Waals surface area contributed by atoms with Crippen molar-refractivity contribution in [1.82, 2.24) is 15.5 Å². The maximum atomic E-state index is 13.3. The number of nitrogens with one attached hydrogen (secondary N) is 2. The number of rotatable bonds is 9. The van der Waals surface area contributed by atoms with Crippen LogP contribution in [0.3, 0.4) is 0 Å². The predicted molar refractivity (Wildman–Crippen MR) is 116 cm³/mol. The first-order valence-electron chi connectivity index (χ1n) is 10.0. The number of aromatic hydroxyl groups is 1. The predicted octanol–water partition coefficient (Wildman–Crippen LogP) is 1.86. The number of benzene rings is 1. The van der Waals surface area contributed by atoms with Gasteiger partial charge in [0, 0.05) is 18.2 Å². The Hall–Kier alpha value is -3.07. The van der Waals surface area contributed by atoms with Crippen molar-refractivity contribution in [2.24, 2.45) is 0 Å². The topological polar surface area (TPSA) is 128 Å². The third-order valence-electron chi connectivity index (χ3n) is 4.00. The first-order chi connectivity index (χ1) is 14.4. The number of phenols is 1. The van der Waals surface area contributed by atoms with Gasteiger partial charge in [0.05, 0.1) is 6.61 Å². The highest BCUT2D eigenvalue weighted by atomic mass is 16.6. The molecule has 0 saturated heterocycles. The minimum absolute atomic E-state index is 0.0736. The molecule has 0 aromatic heterocycles. The molecule has 0 bridgehead atoms. The van der Waals surface area contributed by atoms with Crippen LogP contribution in [0, 0.1) is 0 Å². The molecule has 0 radical (unpaired) electrons. The van der Waals surface area contributed by atoms with Crippen molar-refractivity contribution in [2.75, 3.05) is 13.2 Å². The summed E-state index contributed by atoms with van der Waals surface area (Å²) >= 11 is 0. The van der Waals surface area contributed by atoms with Crippen molar-refractivity contribution >= 4 is 17.9 Å². The molecule has 3 amide bonds. The zero-order valence-corrected chi connectivity index (χ0v) is 18.7. The van der Waals surface area contributed by atoms with Gasteiger partial charge in [-0.1, -0.05) is 24.3 Å². The fourth-order valence-corrected chi connectivity index (χ4v) is 2.83. The molecule has 2 unspecified atom stereocenters. The van der Waals surface area contributed by atoms with E-state index in [2.05, 4.69) is 17.2 Å². The van der Waals surface area contributed by atoms with Crippen LogP contribution in [-0.2, 0) is 14.3 Å². The number of amides is 3. The number of ether oxygens (including phenoxy) is 1. The molecule has 0 heterocycles. The summed E-state index contributed by atoms with van der Waals surface area (Å²) in [5.41, 5.74) is -0.603. The number of para-hydroxylation sites is 1. The summed E-state index contributed by atoms with van der Waals surface area (Å²) in [5, 5.41) is 25.2. The number of carbonyl (C=O) groups is 3. The standard InChI is InChI=1S/C22H33N3O6/c1-7-12-25(20(29)16(13-26)24-21(30)31-22(4,5)6)18(19(28)23-14(2)3)15-10-8-9-11-17(15)27/h7-11,14,16,18,26-27H,1,12-13H2,2-6H3,(H,23,28)(H,24,30). The van der Waals surface area contributed by atoms with E-state index in [4.69, 9.17) is 4.74 Å². The third-order valence-corrected chi connectivity index (χ3v) is 4.00. The highest BCUT2D eigenvalue weighted by molar-refractivity contribution is 5.92. The molecule has 0 aliphatic rings. The van der Waals surface area contributed by atoms with Crippen LogP contribution in [0.2, 0.25) is 0 Å². The van der Waals surface area contributed by atoms with Crippen LogP contribution in [0.4, 0.5) is 4.79 Å². The minimum Gasteiger partial charge on any atom is -0.508 e. The number of carbonyl (C=O) groups excluding carboxylic acids is 3. The van der Waals surface area contributed by atoms with Gasteiger partial charge in [0.25, 0.3) is 0 Å². The quantitative estimate of drug-likeness (QED) is 0.438. The van der Waals surface area contributed by atoms with Crippen LogP contribution in [-0.4, -0.2) is 63.9 Å². The first-order valence-corrected chi connectivity index (χ1v) is 10.0. The smallest absolute Gasteiger partial charge is 0.408 e. The molecule has 31 heavy (non-hydrogen) atoms. The lowest BCUT2D eigenvalue weighted by atomic mass is 10.0. The monoisotopic (exact) mass is 435 g/mol. The Bertz CT molecular complexity index is 788. The molecule has 1 rings (SSSR count). The molecular formula is C22H33N3O6. The van der Waals surface area contributed by atoms with Crippen LogP contribution < -0.4 is 10.6 Å². The zero-order valence-electron chi connectivity index (χ0n) is 18.7. The van der Waals surface area contributed by atoms with Gasteiger partial charge < -0.3 is 30.5 Å². The van der Waals surface area contributed by atoms with E-state index in [1.807, 2.05) is 0 Å². The second kappa shape index (κ2) is 11.4. The summed E-state index contributed by atoms with van der Waals surface area (Å²) in [6.45, 7) is 11.4. The van der Waals surface area contributed by atoms with Crippen LogP contribution in [0.25, 0.3) is 0 Å². The number of aliphatic hydroxyl groups is 1. The third kappa shape index (κ3) is 7.93. The maximum Gasteiger partial charge on any atom is 0.408 e. The molecule has 0 aliphatic carbocycles. The SMILES string of the molecule is C=CCN(C(=O)C(CO)NC(=O)OC(C)(C)C)C(C(=O)NC(C)C)c1ccccc1O. The van der Waals surface area contributed by atoms with Crippen molar-refractivity contribution in [3.63, 3.8) is 0 Å². The fourth-order valence-electron chi connectivity index (χ4n) is 2.83. The van der Waals surface area contributed by atoms with Gasteiger partial charge in [-0.15, -0.1) is 6.58 Å². The van der Waals surface area contributed by atoms with E-state index >= 15 is 0 Å². The van der Waals surface area contributed by atoms with Gasteiger partial charge in [-0.25, -0.2) is 4.79 Å². The molecule has 172 valence electrons. The molecular weight excluding hydrogens is 402 g/mol. The Morgan fingerprint density at radius 1 is 1.19 bits per heavy atom. The molecule has 0 saturated carbocycles. The molecule has 1 aromatic rings. The summed E-state index contributed by atoms with van der Waals surface area (Å²) in [5.74, 6) is -1.44. The highest BCUT2D eigenvalue weighted by Gasteiger charge is 2.36. The van der Waals surface area contributed by atoms with E-state index in [0.717, 1.165) is 4.90 Å². The lowest BCUT2D eigenvalue weighted by Crippen LogP contribution is -2.54. The summed E-state index contributed by atoms with van der Waals surface area (Å²) < 4.78 is 5.15. The summed E-state index contributed by atoms with van der Waals surface area (Å²) in [6, 6.07) is 3.34. The molecule has 4 N–H and O–H groups in total. The Kier molecular flexibility index (Phi) is 9.51. The van der Waals surface area contributed by atoms with Crippen LogP contribution in [0.5, 0.6) is 5.75 Å². The van der Waals surface area contributed by atoms with Gasteiger partial charge in [0.1, 0.15) is 23.4 Å². The highest BCUT2D eigenvalue weighted by Crippen LogP contribution is 2.29. The molecule has 9 nitrogen and oxygen atoms in total. The molecule has 9 heteroatoms. The maximum absolute atomic E-state index is 13.3. The minimum atomic E-state index is -1.37. The van der Waals surface area contributed by atoms with E-state index in [1.54, 1.807) is 46.8 Å². The van der Waals surface area contributed by atoms with Crippen molar-refractivity contribution in [2.45, 2.75) is 58.3 Å². The number of alkyl carbamates (subject to hydrolysis) is 1. The van der Waals surface area contributed by atoms with Gasteiger partial charge >= 0.3 is 6.09 Å². The van der Waals surface area contributed by atoms with Gasteiger partial charge in [-0.3, -0.25) is 9.59 Å². The second-order valence-corrected chi connectivity index (χ2v) is 8.29. The van der Waals surface area contributed by atoms with E-state index in [1.165, 1.54) is 18.2 Å². The number of hydrogen-bond acceptors (Lipinski definition) is 6. The van der Waals surface area contributed by atoms with Gasteiger partial charge in [0.15, 0.2) is 0 Å². The normalized spacial score (nSPS) is 13.1. The summed E-state index contributed by atoms with van der Waals surface area (Å²) in [6.07, 6.45) is 0.527. The molecule has 0 fully saturated rings. The fraction of sp³-hybridized carbons (Fsp3) is 0.500. The van der Waals surface area contributed by atoms with Crippen LogP contribution in [0.15, 0.2) is 36.9 Å². The molecule has 2 atom stereocenters. The van der Waals surface area contributed by atoms with E-state index in [-0.39, 0.29) is 23.9 Å². The first kappa shape index (κ1) is 26.0. The number of phenolic OH excluding ortho intramolecular Hbond substituents is 1. The Morgan fingerprint density at radius 3 is 2.29 bits per heavy atom. The summed E-state index contributed by atoms with van der Waals surface area (Å²) in [7, 11) is 0. The largest absolute Gasteiger partial charge is 0.508 e. The van der Waals surface area contributed by atoms with Crippen molar-refractivity contribution in [3.05, 3.63) is 42.5 Å². The summed E-state index contributed by atoms with van der Waals surface area (Å²) in [4.78, 5) is 39.6. The molecule has 0 aliphatic heterocycles. The van der Waals surface area contributed by atoms with E-state index < -0.39 is 42.2 Å². The van der Waals surface area contributed by atoms with Crippen molar-refractivity contribution in [3.8, 4) is 5.75 Å². The average Bonchev–Trinajstić information content (AvgIpc) is 2.64. The van der Waals surface area contributed by atoms with Gasteiger partial charge in [-0.05, 0) is 40.7 Å². The Morgan fingerprint density at radius 2 is 1.81 bits per heavy atom. The number of nitrogens with zero attached hydrogens (tertiary/aromatic N) is 1. The average molecular weight is 436 g/mol.